The fraction of sp³-hybridized carbons (Fsp3) is 0.529. The van der Waals surface area contributed by atoms with Crippen LogP contribution >= 0.6 is 0 Å². The van der Waals surface area contributed by atoms with E-state index in [2.05, 4.69) is 20.9 Å². The van der Waals surface area contributed by atoms with Crippen molar-refractivity contribution in [2.75, 3.05) is 18.1 Å². The zero-order valence-electron chi connectivity index (χ0n) is 13.5. The van der Waals surface area contributed by atoms with Gasteiger partial charge in [-0.1, -0.05) is 0 Å². The van der Waals surface area contributed by atoms with E-state index in [9.17, 15) is 0 Å². The zero-order valence-corrected chi connectivity index (χ0v) is 13.5. The molecule has 1 aliphatic rings. The van der Waals surface area contributed by atoms with E-state index in [0.717, 1.165) is 48.2 Å². The molecule has 2 aromatic rings. The minimum atomic E-state index is 0.267. The quantitative estimate of drug-likeness (QED) is 0.845. The van der Waals surface area contributed by atoms with Gasteiger partial charge >= 0.3 is 0 Å². The highest BCUT2D eigenvalue weighted by molar-refractivity contribution is 5.43. The van der Waals surface area contributed by atoms with E-state index in [4.69, 9.17) is 9.15 Å². The molecule has 1 atom stereocenters. The number of anilines is 1. The third-order valence-corrected chi connectivity index (χ3v) is 3.96. The third kappa shape index (κ3) is 3.14. The van der Waals surface area contributed by atoms with Crippen LogP contribution in [0.25, 0.3) is 0 Å². The van der Waals surface area contributed by atoms with E-state index in [1.807, 2.05) is 32.9 Å². The molecule has 5 heteroatoms. The second-order valence-corrected chi connectivity index (χ2v) is 5.72. The molecule has 118 valence electrons. The number of ether oxygens (including phenoxy) is 1. The summed E-state index contributed by atoms with van der Waals surface area (Å²) in [5.41, 5.74) is 0.973. The van der Waals surface area contributed by atoms with Gasteiger partial charge < -0.3 is 14.1 Å². The maximum atomic E-state index is 5.83. The first-order chi connectivity index (χ1) is 10.7. The third-order valence-electron chi connectivity index (χ3n) is 3.96. The van der Waals surface area contributed by atoms with Crippen molar-refractivity contribution in [2.45, 2.75) is 46.3 Å². The summed E-state index contributed by atoms with van der Waals surface area (Å²) in [6, 6.07) is 6.41. The van der Waals surface area contributed by atoms with Crippen LogP contribution in [0, 0.1) is 13.8 Å². The Morgan fingerprint density at radius 1 is 1.32 bits per heavy atom. The van der Waals surface area contributed by atoms with Crippen molar-refractivity contribution in [3.8, 4) is 0 Å². The molecule has 0 bridgehead atoms. The fourth-order valence-electron chi connectivity index (χ4n) is 2.99. The van der Waals surface area contributed by atoms with Gasteiger partial charge in [-0.2, -0.15) is 0 Å². The Balaban J connectivity index is 1.87. The summed E-state index contributed by atoms with van der Waals surface area (Å²) < 4.78 is 11.3. The lowest BCUT2D eigenvalue weighted by Gasteiger charge is -2.24. The van der Waals surface area contributed by atoms with Crippen molar-refractivity contribution in [3.05, 3.63) is 41.2 Å². The summed E-state index contributed by atoms with van der Waals surface area (Å²) >= 11 is 0. The van der Waals surface area contributed by atoms with Crippen molar-refractivity contribution in [1.82, 2.24) is 9.97 Å². The largest absolute Gasteiger partial charge is 0.464 e. The van der Waals surface area contributed by atoms with Crippen molar-refractivity contribution in [1.29, 1.82) is 0 Å². The molecule has 0 aliphatic carbocycles. The molecule has 2 aromatic heterocycles. The molecule has 0 spiro atoms. The van der Waals surface area contributed by atoms with Gasteiger partial charge in [-0.25, -0.2) is 9.97 Å². The molecule has 1 saturated heterocycles. The molecular weight excluding hydrogens is 278 g/mol. The van der Waals surface area contributed by atoms with E-state index >= 15 is 0 Å². The monoisotopic (exact) mass is 301 g/mol. The normalized spacial score (nSPS) is 18.1. The van der Waals surface area contributed by atoms with Crippen LogP contribution in [0.4, 0.5) is 5.82 Å². The average molecular weight is 301 g/mol. The molecular formula is C17H23N3O2. The van der Waals surface area contributed by atoms with Crippen molar-refractivity contribution >= 4 is 5.82 Å². The van der Waals surface area contributed by atoms with Crippen LogP contribution in [0.2, 0.25) is 0 Å². The minimum Gasteiger partial charge on any atom is -0.464 e. The summed E-state index contributed by atoms with van der Waals surface area (Å²) in [5.74, 6) is 3.70. The van der Waals surface area contributed by atoms with E-state index in [-0.39, 0.29) is 6.04 Å². The topological polar surface area (TPSA) is 51.4 Å². The average Bonchev–Trinajstić information content (AvgIpc) is 3.12. The highest BCUT2D eigenvalue weighted by atomic mass is 16.5. The Morgan fingerprint density at radius 3 is 2.91 bits per heavy atom. The number of nitrogens with zero attached hydrogens (tertiary/aromatic N) is 3. The van der Waals surface area contributed by atoms with Crippen LogP contribution < -0.4 is 4.90 Å². The van der Waals surface area contributed by atoms with Gasteiger partial charge in [0, 0.05) is 24.9 Å². The Morgan fingerprint density at radius 2 is 2.18 bits per heavy atom. The second-order valence-electron chi connectivity index (χ2n) is 5.72. The van der Waals surface area contributed by atoms with Crippen LogP contribution in [-0.2, 0) is 11.3 Å². The zero-order chi connectivity index (χ0) is 15.5. The summed E-state index contributed by atoms with van der Waals surface area (Å²) in [6.07, 6.45) is 2.24. The smallest absolute Gasteiger partial charge is 0.156 e. The van der Waals surface area contributed by atoms with Gasteiger partial charge in [0.25, 0.3) is 0 Å². The van der Waals surface area contributed by atoms with Crippen molar-refractivity contribution < 1.29 is 9.15 Å². The standard InChI is InChI=1S/C17H23N3O2/c1-4-21-11-16-18-12(2)10-17(19-16)20-9-5-6-14(20)15-8-7-13(3)22-15/h7-8,10,14H,4-6,9,11H2,1-3H3. The van der Waals surface area contributed by atoms with Gasteiger partial charge in [0.1, 0.15) is 23.9 Å². The summed E-state index contributed by atoms with van der Waals surface area (Å²) in [6.45, 7) is 8.09. The van der Waals surface area contributed by atoms with Crippen LogP contribution in [0.5, 0.6) is 0 Å². The lowest BCUT2D eigenvalue weighted by molar-refractivity contribution is 0.128. The molecule has 3 rings (SSSR count). The molecule has 5 nitrogen and oxygen atoms in total. The summed E-state index contributed by atoms with van der Waals surface area (Å²) in [5, 5.41) is 0. The van der Waals surface area contributed by atoms with Gasteiger partial charge in [-0.15, -0.1) is 0 Å². The summed E-state index contributed by atoms with van der Waals surface area (Å²) in [7, 11) is 0. The molecule has 22 heavy (non-hydrogen) atoms. The second kappa shape index (κ2) is 6.48. The molecule has 1 fully saturated rings. The number of furan rings is 1. The van der Waals surface area contributed by atoms with Crippen LogP contribution in [0.15, 0.2) is 22.6 Å². The van der Waals surface area contributed by atoms with E-state index in [0.29, 0.717) is 13.2 Å². The predicted molar refractivity (Wildman–Crippen MR) is 84.9 cm³/mol. The van der Waals surface area contributed by atoms with Gasteiger partial charge in [0.05, 0.1) is 6.04 Å². The highest BCUT2D eigenvalue weighted by Gasteiger charge is 2.29. The number of aromatic nitrogens is 2. The van der Waals surface area contributed by atoms with E-state index < -0.39 is 0 Å². The maximum absolute atomic E-state index is 5.83. The molecule has 1 aliphatic heterocycles. The lowest BCUT2D eigenvalue weighted by Crippen LogP contribution is -2.24. The van der Waals surface area contributed by atoms with Crippen LogP contribution in [0.3, 0.4) is 0 Å². The molecule has 1 unspecified atom stereocenters. The van der Waals surface area contributed by atoms with Crippen LogP contribution in [0.1, 0.15) is 48.8 Å². The minimum absolute atomic E-state index is 0.267. The molecule has 0 radical (unpaired) electrons. The Hall–Kier alpha value is -1.88. The Kier molecular flexibility index (Phi) is 4.43. The van der Waals surface area contributed by atoms with Gasteiger partial charge in [0.2, 0.25) is 0 Å². The molecule has 0 aromatic carbocycles. The lowest BCUT2D eigenvalue weighted by atomic mass is 10.1. The van der Waals surface area contributed by atoms with E-state index in [1.165, 1.54) is 0 Å². The van der Waals surface area contributed by atoms with Crippen molar-refractivity contribution in [2.24, 2.45) is 0 Å². The van der Waals surface area contributed by atoms with Crippen LogP contribution in [-0.4, -0.2) is 23.1 Å². The van der Waals surface area contributed by atoms with E-state index in [1.54, 1.807) is 0 Å². The van der Waals surface area contributed by atoms with Crippen molar-refractivity contribution in [3.63, 3.8) is 0 Å². The molecule has 3 heterocycles. The Labute approximate surface area is 131 Å². The first-order valence-corrected chi connectivity index (χ1v) is 7.92. The summed E-state index contributed by atoms with van der Waals surface area (Å²) in [4.78, 5) is 11.5. The number of rotatable bonds is 5. The number of hydrogen-bond acceptors (Lipinski definition) is 5. The molecule has 0 saturated carbocycles. The fourth-order valence-corrected chi connectivity index (χ4v) is 2.99. The predicted octanol–water partition coefficient (Wildman–Crippen LogP) is 3.56. The molecule has 0 amide bonds. The number of aryl methyl sites for hydroxylation is 2. The van der Waals surface area contributed by atoms with Gasteiger partial charge in [0.15, 0.2) is 5.82 Å². The Bertz CT molecular complexity index is 639. The van der Waals surface area contributed by atoms with Gasteiger partial charge in [-0.3, -0.25) is 0 Å². The number of hydrogen-bond donors (Lipinski definition) is 0. The first kappa shape index (κ1) is 15.0. The molecule has 0 N–H and O–H groups in total. The first-order valence-electron chi connectivity index (χ1n) is 7.92. The van der Waals surface area contributed by atoms with Gasteiger partial charge in [-0.05, 0) is 45.7 Å². The maximum Gasteiger partial charge on any atom is 0.156 e. The SMILES string of the molecule is CCOCc1nc(C)cc(N2CCCC2c2ccc(C)o2)n1. The highest BCUT2D eigenvalue weighted by Crippen LogP contribution is 2.36.